The zero-order valence-electron chi connectivity index (χ0n) is 14.1. The molecule has 0 unspecified atom stereocenters. The number of benzene rings is 1. The molecule has 3 rings (SSSR count). The summed E-state index contributed by atoms with van der Waals surface area (Å²) in [5.74, 6) is -3.25. The highest BCUT2D eigenvalue weighted by molar-refractivity contribution is 7.89. The van der Waals surface area contributed by atoms with E-state index in [0.29, 0.717) is 0 Å². The molecular weight excluding hydrogens is 357 g/mol. The van der Waals surface area contributed by atoms with Crippen molar-refractivity contribution < 1.29 is 26.3 Å². The van der Waals surface area contributed by atoms with Gasteiger partial charge in [0.2, 0.25) is 10.0 Å². The summed E-state index contributed by atoms with van der Waals surface area (Å²) in [6, 6.07) is 2.96. The maximum atomic E-state index is 13.7. The second-order valence-corrected chi connectivity index (χ2v) is 8.67. The predicted molar refractivity (Wildman–Crippen MR) is 85.6 cm³/mol. The molecule has 0 amide bonds. The number of sulfonamides is 1. The minimum atomic E-state index is -3.74. The van der Waals surface area contributed by atoms with E-state index in [2.05, 4.69) is 0 Å². The first-order chi connectivity index (χ1) is 11.6. The van der Waals surface area contributed by atoms with Crippen molar-refractivity contribution in [3.05, 3.63) is 29.6 Å². The van der Waals surface area contributed by atoms with E-state index in [4.69, 9.17) is 4.74 Å². The molecule has 1 aromatic carbocycles. The summed E-state index contributed by atoms with van der Waals surface area (Å²) in [4.78, 5) is 1.66. The van der Waals surface area contributed by atoms with Crippen LogP contribution in [0.3, 0.4) is 0 Å². The minimum absolute atomic E-state index is 0.0186. The van der Waals surface area contributed by atoms with Gasteiger partial charge in [0, 0.05) is 38.7 Å². The first-order valence-corrected chi connectivity index (χ1v) is 9.47. The van der Waals surface area contributed by atoms with E-state index >= 15 is 0 Å². The maximum absolute atomic E-state index is 13.7. The molecule has 2 heterocycles. The van der Waals surface area contributed by atoms with Crippen LogP contribution in [0, 0.1) is 12.7 Å². The van der Waals surface area contributed by atoms with Crippen LogP contribution < -0.4 is 0 Å². The van der Waals surface area contributed by atoms with Crippen LogP contribution in [-0.2, 0) is 14.8 Å². The highest BCUT2D eigenvalue weighted by Crippen LogP contribution is 2.36. The van der Waals surface area contributed by atoms with Gasteiger partial charge in [-0.1, -0.05) is 0 Å². The van der Waals surface area contributed by atoms with E-state index in [1.807, 2.05) is 0 Å². The Hall–Kier alpha value is -1.16. The molecule has 2 fully saturated rings. The van der Waals surface area contributed by atoms with Crippen LogP contribution >= 0.6 is 0 Å². The molecule has 2 aliphatic rings. The zero-order valence-corrected chi connectivity index (χ0v) is 14.9. The molecule has 0 saturated carbocycles. The Morgan fingerprint density at radius 1 is 1.32 bits per heavy atom. The number of alkyl halides is 2. The Morgan fingerprint density at radius 2 is 2.00 bits per heavy atom. The average molecular weight is 378 g/mol. The fourth-order valence-electron chi connectivity index (χ4n) is 3.45. The molecule has 0 radical (unpaired) electrons. The van der Waals surface area contributed by atoms with Crippen LogP contribution in [0.1, 0.15) is 12.0 Å². The Balaban J connectivity index is 1.69. The molecule has 140 valence electrons. The summed E-state index contributed by atoms with van der Waals surface area (Å²) < 4.78 is 72.2. The van der Waals surface area contributed by atoms with Crippen molar-refractivity contribution in [3.63, 3.8) is 0 Å². The van der Waals surface area contributed by atoms with Crippen molar-refractivity contribution in [3.8, 4) is 0 Å². The summed E-state index contributed by atoms with van der Waals surface area (Å²) in [7, 11) is -2.28. The highest BCUT2D eigenvalue weighted by atomic mass is 32.2. The van der Waals surface area contributed by atoms with Crippen LogP contribution in [0.4, 0.5) is 13.2 Å². The van der Waals surface area contributed by atoms with E-state index in [1.54, 1.807) is 4.90 Å². The SMILES string of the molecule is COC[C@@H]1CC(F)(F)CN1C1CN(S(=O)(=O)c2ccc(F)c(C)c2)C1. The van der Waals surface area contributed by atoms with Gasteiger partial charge in [-0.3, -0.25) is 4.90 Å². The third-order valence-corrected chi connectivity index (χ3v) is 6.67. The highest BCUT2D eigenvalue weighted by Gasteiger charge is 2.51. The molecule has 5 nitrogen and oxygen atoms in total. The lowest BCUT2D eigenvalue weighted by atomic mass is 10.1. The molecule has 0 spiro atoms. The summed E-state index contributed by atoms with van der Waals surface area (Å²) in [6.07, 6.45) is -0.277. The molecule has 1 atom stereocenters. The largest absolute Gasteiger partial charge is 0.383 e. The zero-order chi connectivity index (χ0) is 18.4. The first-order valence-electron chi connectivity index (χ1n) is 8.03. The van der Waals surface area contributed by atoms with Crippen LogP contribution in [0.5, 0.6) is 0 Å². The van der Waals surface area contributed by atoms with E-state index in [0.717, 1.165) is 6.07 Å². The molecule has 0 aromatic heterocycles. The monoisotopic (exact) mass is 378 g/mol. The smallest absolute Gasteiger partial charge is 0.262 e. The van der Waals surface area contributed by atoms with E-state index in [-0.39, 0.29) is 49.2 Å². The van der Waals surface area contributed by atoms with Crippen molar-refractivity contribution in [2.75, 3.05) is 33.4 Å². The van der Waals surface area contributed by atoms with Crippen molar-refractivity contribution in [2.24, 2.45) is 0 Å². The number of hydrogen-bond donors (Lipinski definition) is 0. The van der Waals surface area contributed by atoms with Gasteiger partial charge in [-0.2, -0.15) is 4.31 Å². The number of aryl methyl sites for hydroxylation is 1. The molecule has 0 bridgehead atoms. The topological polar surface area (TPSA) is 49.9 Å². The molecule has 2 aliphatic heterocycles. The number of hydrogen-bond acceptors (Lipinski definition) is 4. The lowest BCUT2D eigenvalue weighted by molar-refractivity contribution is -0.00294. The Morgan fingerprint density at radius 3 is 2.60 bits per heavy atom. The van der Waals surface area contributed by atoms with Crippen molar-refractivity contribution in [1.82, 2.24) is 9.21 Å². The number of likely N-dealkylation sites (tertiary alicyclic amines) is 1. The Labute approximate surface area is 145 Å². The van der Waals surface area contributed by atoms with Gasteiger partial charge in [0.25, 0.3) is 5.92 Å². The van der Waals surface area contributed by atoms with E-state index in [9.17, 15) is 21.6 Å². The van der Waals surface area contributed by atoms with Gasteiger partial charge >= 0.3 is 0 Å². The van der Waals surface area contributed by atoms with Gasteiger partial charge in [0.05, 0.1) is 18.0 Å². The predicted octanol–water partition coefficient (Wildman–Crippen LogP) is 1.86. The second kappa shape index (κ2) is 6.53. The van der Waals surface area contributed by atoms with E-state index < -0.39 is 27.8 Å². The summed E-state index contributed by atoms with van der Waals surface area (Å²) in [5, 5.41) is 0. The van der Waals surface area contributed by atoms with Crippen LogP contribution in [-0.4, -0.2) is 69.0 Å². The lowest BCUT2D eigenvalue weighted by Crippen LogP contribution is -2.62. The average Bonchev–Trinajstić information content (AvgIpc) is 2.75. The Bertz CT molecular complexity index is 751. The summed E-state index contributed by atoms with van der Waals surface area (Å²) in [6.45, 7) is 1.60. The van der Waals surface area contributed by atoms with Gasteiger partial charge in [-0.05, 0) is 30.7 Å². The number of halogens is 3. The van der Waals surface area contributed by atoms with Crippen LogP contribution in [0.25, 0.3) is 0 Å². The third-order valence-electron chi connectivity index (χ3n) is 4.84. The summed E-state index contributed by atoms with van der Waals surface area (Å²) in [5.41, 5.74) is 0.248. The van der Waals surface area contributed by atoms with Crippen molar-refractivity contribution in [2.45, 2.75) is 36.2 Å². The molecule has 25 heavy (non-hydrogen) atoms. The van der Waals surface area contributed by atoms with Gasteiger partial charge < -0.3 is 4.74 Å². The molecule has 9 heteroatoms. The molecular formula is C16H21F3N2O3S. The normalized spacial score (nSPS) is 25.2. The fourth-order valence-corrected chi connectivity index (χ4v) is 5.05. The van der Waals surface area contributed by atoms with Crippen molar-refractivity contribution >= 4 is 10.0 Å². The second-order valence-electron chi connectivity index (χ2n) is 6.73. The van der Waals surface area contributed by atoms with Gasteiger partial charge in [0.1, 0.15) is 5.82 Å². The van der Waals surface area contributed by atoms with Gasteiger partial charge in [0.15, 0.2) is 0 Å². The quantitative estimate of drug-likeness (QED) is 0.785. The number of ether oxygens (including phenoxy) is 1. The Kier molecular flexibility index (Phi) is 4.87. The van der Waals surface area contributed by atoms with Gasteiger partial charge in [-0.15, -0.1) is 0 Å². The first kappa shape index (κ1) is 18.6. The maximum Gasteiger partial charge on any atom is 0.262 e. The fraction of sp³-hybridized carbons (Fsp3) is 0.625. The number of nitrogens with zero attached hydrogens (tertiary/aromatic N) is 2. The number of methoxy groups -OCH3 is 1. The lowest BCUT2D eigenvalue weighted by Gasteiger charge is -2.44. The molecule has 2 saturated heterocycles. The summed E-state index contributed by atoms with van der Waals surface area (Å²) >= 11 is 0. The molecule has 0 aliphatic carbocycles. The minimum Gasteiger partial charge on any atom is -0.383 e. The number of rotatable bonds is 5. The van der Waals surface area contributed by atoms with Crippen molar-refractivity contribution in [1.29, 1.82) is 0 Å². The van der Waals surface area contributed by atoms with Crippen LogP contribution in [0.2, 0.25) is 0 Å². The molecule has 1 aromatic rings. The van der Waals surface area contributed by atoms with Gasteiger partial charge in [-0.25, -0.2) is 21.6 Å². The van der Waals surface area contributed by atoms with Crippen LogP contribution in [0.15, 0.2) is 23.1 Å². The van der Waals surface area contributed by atoms with E-state index in [1.165, 1.54) is 30.5 Å². The standard InChI is InChI=1S/C16H21F3N2O3S/c1-11-5-14(3-4-15(11)17)25(22,23)20-7-13(8-20)21-10-16(18,19)6-12(21)9-24-2/h3-5,12-13H,6-10H2,1-2H3/t12-/m0/s1. The molecule has 0 N–H and O–H groups in total. The third kappa shape index (κ3) is 3.55.